The van der Waals surface area contributed by atoms with Crippen LogP contribution < -0.4 is 0 Å². The van der Waals surface area contributed by atoms with E-state index in [1.165, 1.54) is 56.9 Å². The highest BCUT2D eigenvalue weighted by molar-refractivity contribution is 5.85. The molecular formula is C31H37F. The van der Waals surface area contributed by atoms with Crippen molar-refractivity contribution in [3.8, 4) is 11.8 Å². The van der Waals surface area contributed by atoms with Gasteiger partial charge in [0.05, 0.1) is 0 Å². The maximum absolute atomic E-state index is 14.9. The molecule has 0 nitrogen and oxygen atoms in total. The number of aryl methyl sites for hydroxylation is 2. The topological polar surface area (TPSA) is 0 Å². The average Bonchev–Trinajstić information content (AvgIpc) is 2.82. The van der Waals surface area contributed by atoms with Gasteiger partial charge in [0.1, 0.15) is 5.82 Å². The normalized spacial score (nSPS) is 10.8. The Morgan fingerprint density at radius 3 is 2.00 bits per heavy atom. The number of halogens is 1. The smallest absolute Gasteiger partial charge is 0.134 e. The molecule has 0 aliphatic heterocycles. The lowest BCUT2D eigenvalue weighted by atomic mass is 9.99. The van der Waals surface area contributed by atoms with E-state index in [0.29, 0.717) is 5.39 Å². The summed E-state index contributed by atoms with van der Waals surface area (Å²) in [4.78, 5) is 0. The van der Waals surface area contributed by atoms with Crippen molar-refractivity contribution in [3.63, 3.8) is 0 Å². The summed E-state index contributed by atoms with van der Waals surface area (Å²) in [6, 6.07) is 18.4. The maximum Gasteiger partial charge on any atom is 0.134 e. The molecule has 3 rings (SSSR count). The summed E-state index contributed by atoms with van der Waals surface area (Å²) in [7, 11) is 0. The molecule has 0 saturated heterocycles. The number of hydrogen-bond acceptors (Lipinski definition) is 0. The molecule has 168 valence electrons. The Bertz CT molecular complexity index is 1030. The second-order valence-corrected chi connectivity index (χ2v) is 8.90. The molecule has 0 bridgehead atoms. The monoisotopic (exact) mass is 428 g/mol. The first kappa shape index (κ1) is 24.1. The SMILES string of the molecule is CCCCCCCc1ccc(C#Cc2ccc3c(F)c(CCCCCC)ccc3c2)cc1. The van der Waals surface area contributed by atoms with Gasteiger partial charge in [0, 0.05) is 16.5 Å². The molecule has 0 radical (unpaired) electrons. The Morgan fingerprint density at radius 1 is 0.625 bits per heavy atom. The molecule has 0 spiro atoms. The van der Waals surface area contributed by atoms with Crippen LogP contribution >= 0.6 is 0 Å². The van der Waals surface area contributed by atoms with Gasteiger partial charge >= 0.3 is 0 Å². The van der Waals surface area contributed by atoms with Crippen molar-refractivity contribution in [3.05, 3.63) is 82.7 Å². The molecule has 0 fully saturated rings. The van der Waals surface area contributed by atoms with E-state index in [0.717, 1.165) is 41.3 Å². The molecule has 0 aliphatic carbocycles. The van der Waals surface area contributed by atoms with Gasteiger partial charge < -0.3 is 0 Å². The highest BCUT2D eigenvalue weighted by atomic mass is 19.1. The number of unbranched alkanes of at least 4 members (excludes halogenated alkanes) is 7. The van der Waals surface area contributed by atoms with Crippen LogP contribution in [0.4, 0.5) is 4.39 Å². The molecular weight excluding hydrogens is 391 g/mol. The first-order chi connectivity index (χ1) is 15.7. The van der Waals surface area contributed by atoms with Crippen molar-refractivity contribution < 1.29 is 4.39 Å². The van der Waals surface area contributed by atoms with Crippen molar-refractivity contribution in [1.82, 2.24) is 0 Å². The van der Waals surface area contributed by atoms with E-state index in [4.69, 9.17) is 0 Å². The molecule has 0 N–H and O–H groups in total. The summed E-state index contributed by atoms with van der Waals surface area (Å²) in [5.74, 6) is 6.44. The van der Waals surface area contributed by atoms with E-state index >= 15 is 0 Å². The predicted molar refractivity (Wildman–Crippen MR) is 137 cm³/mol. The molecule has 0 saturated carbocycles. The van der Waals surface area contributed by atoms with Crippen LogP contribution in [0.1, 0.15) is 93.9 Å². The van der Waals surface area contributed by atoms with Crippen LogP contribution in [0.2, 0.25) is 0 Å². The summed E-state index contributed by atoms with van der Waals surface area (Å²) in [5.41, 5.74) is 4.16. The van der Waals surface area contributed by atoms with Crippen LogP contribution in [0, 0.1) is 17.7 Å². The Balaban J connectivity index is 1.62. The Morgan fingerprint density at radius 2 is 1.25 bits per heavy atom. The van der Waals surface area contributed by atoms with Crippen LogP contribution in [0.5, 0.6) is 0 Å². The number of rotatable bonds is 11. The Labute approximate surface area is 194 Å². The van der Waals surface area contributed by atoms with Crippen LogP contribution in [0.3, 0.4) is 0 Å². The van der Waals surface area contributed by atoms with E-state index < -0.39 is 0 Å². The van der Waals surface area contributed by atoms with Gasteiger partial charge in [-0.05, 0) is 66.5 Å². The standard InChI is InChI=1S/C31H37F/c1-3-5-7-9-10-12-25-14-16-26(17-15-25)18-19-27-20-23-30-29(24-27)22-21-28(31(30)32)13-11-8-6-4-2/h14-17,20-24H,3-13H2,1-2H3. The van der Waals surface area contributed by atoms with Crippen LogP contribution in [-0.2, 0) is 12.8 Å². The molecule has 32 heavy (non-hydrogen) atoms. The highest BCUT2D eigenvalue weighted by Gasteiger charge is 2.07. The summed E-state index contributed by atoms with van der Waals surface area (Å²) in [6.07, 6.45) is 13.2. The minimum atomic E-state index is -0.0659. The van der Waals surface area contributed by atoms with Crippen molar-refractivity contribution in [2.45, 2.75) is 84.5 Å². The molecule has 3 aromatic rings. The third-order valence-corrected chi connectivity index (χ3v) is 6.21. The molecule has 0 unspecified atom stereocenters. The van der Waals surface area contributed by atoms with Gasteiger partial charge in [-0.15, -0.1) is 0 Å². The third-order valence-electron chi connectivity index (χ3n) is 6.21. The van der Waals surface area contributed by atoms with Gasteiger partial charge in [-0.25, -0.2) is 4.39 Å². The highest BCUT2D eigenvalue weighted by Crippen LogP contribution is 2.24. The lowest BCUT2D eigenvalue weighted by molar-refractivity contribution is 0.603. The lowest BCUT2D eigenvalue weighted by Gasteiger charge is -2.07. The molecule has 0 amide bonds. The summed E-state index contributed by atoms with van der Waals surface area (Å²) >= 11 is 0. The van der Waals surface area contributed by atoms with Crippen molar-refractivity contribution in [2.24, 2.45) is 0 Å². The fraction of sp³-hybridized carbons (Fsp3) is 0.419. The van der Waals surface area contributed by atoms with Crippen LogP contribution in [0.25, 0.3) is 10.8 Å². The Hall–Kier alpha value is -2.59. The maximum atomic E-state index is 14.9. The second-order valence-electron chi connectivity index (χ2n) is 8.90. The fourth-order valence-electron chi connectivity index (χ4n) is 4.18. The van der Waals surface area contributed by atoms with Crippen molar-refractivity contribution >= 4 is 10.8 Å². The summed E-state index contributed by atoms with van der Waals surface area (Å²) in [5, 5.41) is 1.62. The Kier molecular flexibility index (Phi) is 9.83. The zero-order chi connectivity index (χ0) is 22.6. The number of benzene rings is 3. The molecule has 1 heteroatoms. The first-order valence-corrected chi connectivity index (χ1v) is 12.5. The molecule has 0 atom stereocenters. The quantitative estimate of drug-likeness (QED) is 0.211. The zero-order valence-electron chi connectivity index (χ0n) is 19.9. The third kappa shape index (κ3) is 7.23. The van der Waals surface area contributed by atoms with Crippen LogP contribution in [-0.4, -0.2) is 0 Å². The fourth-order valence-corrected chi connectivity index (χ4v) is 4.18. The van der Waals surface area contributed by atoms with Crippen molar-refractivity contribution in [2.75, 3.05) is 0 Å². The predicted octanol–water partition coefficient (Wildman–Crippen LogP) is 9.01. The molecule has 3 aromatic carbocycles. The van der Waals surface area contributed by atoms with E-state index in [9.17, 15) is 4.39 Å². The minimum absolute atomic E-state index is 0.0659. The lowest BCUT2D eigenvalue weighted by Crippen LogP contribution is -1.93. The molecule has 0 heterocycles. The van der Waals surface area contributed by atoms with Gasteiger partial charge in [0.25, 0.3) is 0 Å². The number of hydrogen-bond donors (Lipinski definition) is 0. The van der Waals surface area contributed by atoms with Gasteiger partial charge in [-0.3, -0.25) is 0 Å². The number of fused-ring (bicyclic) bond motifs is 1. The molecule has 0 aromatic heterocycles. The van der Waals surface area contributed by atoms with Gasteiger partial charge in [-0.2, -0.15) is 0 Å². The van der Waals surface area contributed by atoms with Gasteiger partial charge in [0.2, 0.25) is 0 Å². The zero-order valence-corrected chi connectivity index (χ0v) is 19.9. The molecule has 0 aliphatic rings. The second kappa shape index (κ2) is 13.1. The van der Waals surface area contributed by atoms with E-state index in [1.54, 1.807) is 0 Å². The van der Waals surface area contributed by atoms with Crippen molar-refractivity contribution in [1.29, 1.82) is 0 Å². The summed E-state index contributed by atoms with van der Waals surface area (Å²) in [6.45, 7) is 4.45. The average molecular weight is 429 g/mol. The van der Waals surface area contributed by atoms with E-state index in [1.807, 2.05) is 30.3 Å². The van der Waals surface area contributed by atoms with Gasteiger partial charge in [-0.1, -0.05) is 101 Å². The largest absolute Gasteiger partial charge is 0.206 e. The first-order valence-electron chi connectivity index (χ1n) is 12.5. The van der Waals surface area contributed by atoms with E-state index in [-0.39, 0.29) is 5.82 Å². The van der Waals surface area contributed by atoms with Crippen LogP contribution in [0.15, 0.2) is 54.6 Å². The van der Waals surface area contributed by atoms with E-state index in [2.05, 4.69) is 50.0 Å². The van der Waals surface area contributed by atoms with Gasteiger partial charge in [0.15, 0.2) is 0 Å². The summed E-state index contributed by atoms with van der Waals surface area (Å²) < 4.78 is 14.9. The minimum Gasteiger partial charge on any atom is -0.206 e.